The van der Waals surface area contributed by atoms with E-state index in [0.29, 0.717) is 0 Å². The number of thiophene rings is 1. The van der Waals surface area contributed by atoms with Crippen LogP contribution in [-0.2, 0) is 0 Å². The maximum atomic E-state index is 9.09. The number of hydrogen-bond acceptors (Lipinski definition) is 3. The molecule has 0 aliphatic heterocycles. The molecule has 0 amide bonds. The van der Waals surface area contributed by atoms with Crippen LogP contribution in [0.3, 0.4) is 0 Å². The highest BCUT2D eigenvalue weighted by molar-refractivity contribution is 7.10. The predicted octanol–water partition coefficient (Wildman–Crippen LogP) is 1.77. The molecule has 0 unspecified atom stereocenters. The van der Waals surface area contributed by atoms with Crippen LogP contribution in [0.25, 0.3) is 0 Å². The van der Waals surface area contributed by atoms with E-state index in [0.717, 1.165) is 4.88 Å². The molecule has 68 valence electrons. The molecule has 0 aliphatic carbocycles. The number of rotatable bonds is 3. The predicted molar refractivity (Wildman–Crippen MR) is 52.1 cm³/mol. The van der Waals surface area contributed by atoms with Gasteiger partial charge in [-0.1, -0.05) is 19.9 Å². The molecule has 0 spiro atoms. The van der Waals surface area contributed by atoms with Gasteiger partial charge in [0.2, 0.25) is 0 Å². The summed E-state index contributed by atoms with van der Waals surface area (Å²) in [6.45, 7) is 4.06. The monoisotopic (exact) mass is 185 g/mol. The van der Waals surface area contributed by atoms with Gasteiger partial charge in [0, 0.05) is 16.3 Å². The normalized spacial score (nSPS) is 14.7. The Labute approximate surface area is 77.0 Å². The van der Waals surface area contributed by atoms with Crippen LogP contribution in [0.4, 0.5) is 0 Å². The van der Waals surface area contributed by atoms with Gasteiger partial charge in [0.25, 0.3) is 0 Å². The van der Waals surface area contributed by atoms with Gasteiger partial charge in [-0.25, -0.2) is 0 Å². The van der Waals surface area contributed by atoms with E-state index in [1.54, 1.807) is 11.3 Å². The van der Waals surface area contributed by atoms with Crippen molar-refractivity contribution >= 4 is 11.3 Å². The van der Waals surface area contributed by atoms with E-state index in [4.69, 9.17) is 10.8 Å². The topological polar surface area (TPSA) is 46.2 Å². The summed E-state index contributed by atoms with van der Waals surface area (Å²) >= 11 is 1.64. The highest BCUT2D eigenvalue weighted by atomic mass is 32.1. The summed E-state index contributed by atoms with van der Waals surface area (Å²) in [6.07, 6.45) is 0. The summed E-state index contributed by atoms with van der Waals surface area (Å²) in [5.74, 6) is 0. The Morgan fingerprint density at radius 1 is 1.67 bits per heavy atom. The van der Waals surface area contributed by atoms with Gasteiger partial charge in [0.15, 0.2) is 0 Å². The Hall–Kier alpha value is -0.380. The molecule has 3 N–H and O–H groups in total. The van der Waals surface area contributed by atoms with Gasteiger partial charge in [-0.15, -0.1) is 11.3 Å². The van der Waals surface area contributed by atoms with Crippen molar-refractivity contribution in [2.75, 3.05) is 6.61 Å². The van der Waals surface area contributed by atoms with Crippen molar-refractivity contribution in [3.8, 4) is 0 Å². The van der Waals surface area contributed by atoms with E-state index in [2.05, 4.69) is 0 Å². The maximum absolute atomic E-state index is 9.09. The second-order valence-electron chi connectivity index (χ2n) is 3.64. The Balaban J connectivity index is 2.78. The molecule has 3 heteroatoms. The zero-order valence-electron chi connectivity index (χ0n) is 7.45. The largest absolute Gasteiger partial charge is 0.396 e. The van der Waals surface area contributed by atoms with Crippen molar-refractivity contribution in [3.05, 3.63) is 22.4 Å². The molecule has 0 aliphatic rings. The minimum Gasteiger partial charge on any atom is -0.396 e. The number of nitrogens with two attached hydrogens (primary N) is 1. The summed E-state index contributed by atoms with van der Waals surface area (Å²) in [4.78, 5) is 1.13. The molecule has 2 nitrogen and oxygen atoms in total. The van der Waals surface area contributed by atoms with Crippen LogP contribution in [0.1, 0.15) is 24.8 Å². The second kappa shape index (κ2) is 3.56. The van der Waals surface area contributed by atoms with Gasteiger partial charge >= 0.3 is 0 Å². The Morgan fingerprint density at radius 3 is 2.75 bits per heavy atom. The number of hydrogen-bond donors (Lipinski definition) is 2. The average Bonchev–Trinajstić information content (AvgIpc) is 2.55. The molecular formula is C9H15NOS. The third kappa shape index (κ3) is 1.86. The summed E-state index contributed by atoms with van der Waals surface area (Å²) in [5, 5.41) is 11.1. The van der Waals surface area contributed by atoms with Gasteiger partial charge in [0.1, 0.15) is 0 Å². The molecule has 1 atom stereocenters. The number of aliphatic hydroxyl groups is 1. The zero-order chi connectivity index (χ0) is 9.19. The van der Waals surface area contributed by atoms with E-state index in [1.165, 1.54) is 0 Å². The molecule has 0 saturated heterocycles. The molecule has 1 aromatic heterocycles. The second-order valence-corrected chi connectivity index (χ2v) is 4.62. The first-order valence-corrected chi connectivity index (χ1v) is 4.86. The van der Waals surface area contributed by atoms with Crippen molar-refractivity contribution in [3.63, 3.8) is 0 Å². The Kier molecular flexibility index (Phi) is 2.88. The van der Waals surface area contributed by atoms with Crippen molar-refractivity contribution in [2.24, 2.45) is 11.1 Å². The first kappa shape index (κ1) is 9.71. The average molecular weight is 185 g/mol. The molecule has 1 rings (SSSR count). The van der Waals surface area contributed by atoms with Gasteiger partial charge in [-0.3, -0.25) is 0 Å². The highest BCUT2D eigenvalue weighted by Gasteiger charge is 2.27. The molecule has 1 heterocycles. The fourth-order valence-electron chi connectivity index (χ4n) is 0.952. The molecule has 0 fully saturated rings. The van der Waals surface area contributed by atoms with Gasteiger partial charge in [-0.05, 0) is 11.4 Å². The standard InChI is InChI=1S/C9H15NOS/c1-9(2,6-11)8(10)7-4-3-5-12-7/h3-5,8,11H,6,10H2,1-2H3/t8-/m1/s1. The maximum Gasteiger partial charge on any atom is 0.0500 e. The quantitative estimate of drug-likeness (QED) is 0.754. The fourth-order valence-corrected chi connectivity index (χ4v) is 1.89. The summed E-state index contributed by atoms with van der Waals surface area (Å²) < 4.78 is 0. The van der Waals surface area contributed by atoms with E-state index in [1.807, 2.05) is 31.4 Å². The van der Waals surface area contributed by atoms with Crippen LogP contribution in [0.5, 0.6) is 0 Å². The van der Waals surface area contributed by atoms with Crippen molar-refractivity contribution in [1.82, 2.24) is 0 Å². The smallest absolute Gasteiger partial charge is 0.0500 e. The van der Waals surface area contributed by atoms with Gasteiger partial charge in [0.05, 0.1) is 6.61 Å². The lowest BCUT2D eigenvalue weighted by atomic mass is 9.85. The minimum atomic E-state index is -0.231. The lowest BCUT2D eigenvalue weighted by molar-refractivity contribution is 0.133. The van der Waals surface area contributed by atoms with Crippen LogP contribution in [0, 0.1) is 5.41 Å². The number of aliphatic hydroxyl groups excluding tert-OH is 1. The SMILES string of the molecule is CC(C)(CO)[C@H](N)c1cccs1. The van der Waals surface area contributed by atoms with E-state index < -0.39 is 0 Å². The van der Waals surface area contributed by atoms with Crippen LogP contribution in [-0.4, -0.2) is 11.7 Å². The van der Waals surface area contributed by atoms with Gasteiger partial charge in [-0.2, -0.15) is 0 Å². The lowest BCUT2D eigenvalue weighted by Crippen LogP contribution is -2.31. The molecule has 0 bridgehead atoms. The van der Waals surface area contributed by atoms with Crippen molar-refractivity contribution < 1.29 is 5.11 Å². The Bertz CT molecular complexity index is 231. The highest BCUT2D eigenvalue weighted by Crippen LogP contribution is 2.32. The van der Waals surface area contributed by atoms with Crippen LogP contribution < -0.4 is 5.73 Å². The van der Waals surface area contributed by atoms with Crippen LogP contribution in [0.2, 0.25) is 0 Å². The third-order valence-corrected chi connectivity index (χ3v) is 3.05. The molecular weight excluding hydrogens is 170 g/mol. The van der Waals surface area contributed by atoms with E-state index in [-0.39, 0.29) is 18.1 Å². The molecule has 1 aromatic rings. The minimum absolute atomic E-state index is 0.0671. The summed E-state index contributed by atoms with van der Waals surface area (Å²) in [7, 11) is 0. The van der Waals surface area contributed by atoms with Crippen molar-refractivity contribution in [2.45, 2.75) is 19.9 Å². The molecule has 0 aromatic carbocycles. The first-order chi connectivity index (χ1) is 5.58. The Morgan fingerprint density at radius 2 is 2.33 bits per heavy atom. The third-order valence-electron chi connectivity index (χ3n) is 2.10. The lowest BCUT2D eigenvalue weighted by Gasteiger charge is -2.28. The molecule has 0 saturated carbocycles. The summed E-state index contributed by atoms with van der Waals surface area (Å²) in [5.41, 5.74) is 5.75. The van der Waals surface area contributed by atoms with E-state index >= 15 is 0 Å². The van der Waals surface area contributed by atoms with Crippen LogP contribution in [0.15, 0.2) is 17.5 Å². The zero-order valence-corrected chi connectivity index (χ0v) is 8.27. The fraction of sp³-hybridized carbons (Fsp3) is 0.556. The van der Waals surface area contributed by atoms with E-state index in [9.17, 15) is 0 Å². The molecule has 12 heavy (non-hydrogen) atoms. The van der Waals surface area contributed by atoms with Crippen LogP contribution >= 0.6 is 11.3 Å². The summed E-state index contributed by atoms with van der Waals surface area (Å²) in [6, 6.07) is 3.92. The first-order valence-electron chi connectivity index (χ1n) is 3.98. The molecule has 0 radical (unpaired) electrons. The van der Waals surface area contributed by atoms with Crippen molar-refractivity contribution in [1.29, 1.82) is 0 Å². The van der Waals surface area contributed by atoms with Gasteiger partial charge < -0.3 is 10.8 Å².